The molecule has 0 radical (unpaired) electrons. The largest absolute Gasteiger partial charge is 0.496 e. The van der Waals surface area contributed by atoms with Gasteiger partial charge in [-0.2, -0.15) is 0 Å². The third-order valence-corrected chi connectivity index (χ3v) is 4.74. The Morgan fingerprint density at radius 1 is 1.07 bits per heavy atom. The van der Waals surface area contributed by atoms with Crippen molar-refractivity contribution < 1.29 is 28.7 Å². The van der Waals surface area contributed by atoms with Crippen LogP contribution in [0.25, 0.3) is 0 Å². The van der Waals surface area contributed by atoms with E-state index in [1.54, 1.807) is 20.2 Å². The summed E-state index contributed by atoms with van der Waals surface area (Å²) in [7, 11) is 6.05. The molecular weight excluding hydrogens is 392 g/mol. The third kappa shape index (κ3) is 4.98. The van der Waals surface area contributed by atoms with E-state index >= 15 is 0 Å². The first-order valence-corrected chi connectivity index (χ1v) is 9.23. The highest BCUT2D eigenvalue weighted by Gasteiger charge is 2.29. The van der Waals surface area contributed by atoms with Gasteiger partial charge < -0.3 is 23.8 Å². The number of rotatable bonds is 10. The molecule has 2 aromatic carbocycles. The van der Waals surface area contributed by atoms with E-state index < -0.39 is 16.9 Å². The van der Waals surface area contributed by atoms with Crippen LogP contribution >= 0.6 is 0 Å². The summed E-state index contributed by atoms with van der Waals surface area (Å²) in [4.78, 5) is 25.7. The number of nitrogens with zero attached hydrogens (tertiary/aromatic N) is 2. The standard InChI is InChI=1S/C21H26N2O7/c1-14(15-8-6-7-9-18(15)28-4)22(2)21(24)16-12-19(29-5)20(30-11-10-27-3)13-17(16)23(25)26/h6-9,12-14H,10-11H2,1-5H3. The SMILES string of the molecule is COCCOc1cc([N+](=O)[O-])c(C(=O)N(C)C(C)c2ccccc2OC)cc1OC. The van der Waals surface area contributed by atoms with Gasteiger partial charge in [-0.3, -0.25) is 14.9 Å². The van der Waals surface area contributed by atoms with E-state index in [9.17, 15) is 14.9 Å². The molecule has 0 saturated heterocycles. The Morgan fingerprint density at radius 2 is 1.73 bits per heavy atom. The molecule has 0 heterocycles. The second-order valence-electron chi connectivity index (χ2n) is 6.45. The van der Waals surface area contributed by atoms with Crippen LogP contribution < -0.4 is 14.2 Å². The van der Waals surface area contributed by atoms with Gasteiger partial charge in [0.25, 0.3) is 11.6 Å². The van der Waals surface area contributed by atoms with Gasteiger partial charge in [-0.25, -0.2) is 0 Å². The molecule has 9 heteroatoms. The highest BCUT2D eigenvalue weighted by Crippen LogP contribution is 2.37. The number of nitro benzene ring substituents is 1. The lowest BCUT2D eigenvalue weighted by atomic mass is 10.0. The Bertz CT molecular complexity index is 901. The molecule has 1 unspecified atom stereocenters. The van der Waals surface area contributed by atoms with E-state index in [-0.39, 0.29) is 29.4 Å². The van der Waals surface area contributed by atoms with Gasteiger partial charge in [-0.05, 0) is 13.0 Å². The fourth-order valence-electron chi connectivity index (χ4n) is 2.96. The molecule has 1 amide bonds. The summed E-state index contributed by atoms with van der Waals surface area (Å²) >= 11 is 0. The normalized spacial score (nSPS) is 11.5. The number of methoxy groups -OCH3 is 3. The number of ether oxygens (including phenoxy) is 4. The molecular formula is C21H26N2O7. The van der Waals surface area contributed by atoms with Crippen molar-refractivity contribution in [3.05, 3.63) is 57.6 Å². The molecule has 0 aromatic heterocycles. The number of benzene rings is 2. The second kappa shape index (κ2) is 10.4. The molecule has 1 atom stereocenters. The van der Waals surface area contributed by atoms with Gasteiger partial charge in [-0.15, -0.1) is 0 Å². The summed E-state index contributed by atoms with van der Waals surface area (Å²) in [5.74, 6) is 0.483. The lowest BCUT2D eigenvalue weighted by molar-refractivity contribution is -0.385. The maximum Gasteiger partial charge on any atom is 0.286 e. The van der Waals surface area contributed by atoms with E-state index in [2.05, 4.69) is 0 Å². The van der Waals surface area contributed by atoms with E-state index in [0.717, 1.165) is 5.56 Å². The highest BCUT2D eigenvalue weighted by atomic mass is 16.6. The van der Waals surface area contributed by atoms with Gasteiger partial charge in [0.2, 0.25) is 0 Å². The summed E-state index contributed by atoms with van der Waals surface area (Å²) in [6.45, 7) is 2.31. The van der Waals surface area contributed by atoms with Crippen LogP contribution in [0, 0.1) is 10.1 Å². The van der Waals surface area contributed by atoms with Crippen molar-refractivity contribution in [2.45, 2.75) is 13.0 Å². The van der Waals surface area contributed by atoms with Gasteiger partial charge in [0.1, 0.15) is 17.9 Å². The molecule has 0 bridgehead atoms. The zero-order valence-corrected chi connectivity index (χ0v) is 17.7. The predicted octanol–water partition coefficient (Wildman–Crippen LogP) is 3.47. The van der Waals surface area contributed by atoms with Gasteiger partial charge in [0, 0.05) is 25.8 Å². The molecule has 9 nitrogen and oxygen atoms in total. The van der Waals surface area contributed by atoms with E-state index in [4.69, 9.17) is 18.9 Å². The summed E-state index contributed by atoms with van der Waals surface area (Å²) in [6.07, 6.45) is 0. The third-order valence-electron chi connectivity index (χ3n) is 4.74. The molecule has 0 aliphatic heterocycles. The number of amides is 1. The summed E-state index contributed by atoms with van der Waals surface area (Å²) < 4.78 is 21.1. The number of nitro groups is 1. The number of carbonyl (C=O) groups is 1. The van der Waals surface area contributed by atoms with Gasteiger partial charge >= 0.3 is 0 Å². The zero-order chi connectivity index (χ0) is 22.3. The molecule has 0 spiro atoms. The first-order valence-electron chi connectivity index (χ1n) is 9.23. The average molecular weight is 418 g/mol. The monoisotopic (exact) mass is 418 g/mol. The number of hydrogen-bond donors (Lipinski definition) is 0. The lowest BCUT2D eigenvalue weighted by Gasteiger charge is -2.26. The maximum absolute atomic E-state index is 13.2. The molecule has 162 valence electrons. The molecule has 2 rings (SSSR count). The summed E-state index contributed by atoms with van der Waals surface area (Å²) in [5, 5.41) is 11.7. The minimum Gasteiger partial charge on any atom is -0.496 e. The van der Waals surface area contributed by atoms with Crippen molar-refractivity contribution >= 4 is 11.6 Å². The van der Waals surface area contributed by atoms with Crippen LogP contribution in [0.3, 0.4) is 0 Å². The van der Waals surface area contributed by atoms with Gasteiger partial charge in [0.05, 0.1) is 37.9 Å². The quantitative estimate of drug-likeness (QED) is 0.331. The lowest BCUT2D eigenvalue weighted by Crippen LogP contribution is -2.30. The first-order chi connectivity index (χ1) is 14.3. The molecule has 0 aliphatic carbocycles. The van der Waals surface area contributed by atoms with Crippen LogP contribution in [0.15, 0.2) is 36.4 Å². The highest BCUT2D eigenvalue weighted by molar-refractivity contribution is 5.99. The van der Waals surface area contributed by atoms with E-state index in [1.807, 2.05) is 25.1 Å². The molecule has 0 saturated carbocycles. The Hall–Kier alpha value is -3.33. The van der Waals surface area contributed by atoms with Crippen LogP contribution in [-0.4, -0.2) is 57.3 Å². The van der Waals surface area contributed by atoms with Crippen molar-refractivity contribution in [1.29, 1.82) is 0 Å². The van der Waals surface area contributed by atoms with Crippen molar-refractivity contribution in [1.82, 2.24) is 4.90 Å². The van der Waals surface area contributed by atoms with Crippen LogP contribution in [0.4, 0.5) is 5.69 Å². The Kier molecular flexibility index (Phi) is 7.99. The van der Waals surface area contributed by atoms with Crippen molar-refractivity contribution in [2.75, 3.05) is 41.6 Å². The molecule has 0 N–H and O–H groups in total. The second-order valence-corrected chi connectivity index (χ2v) is 6.45. The van der Waals surface area contributed by atoms with Crippen LogP contribution in [0.2, 0.25) is 0 Å². The number of para-hydroxylation sites is 1. The zero-order valence-electron chi connectivity index (χ0n) is 17.7. The van der Waals surface area contributed by atoms with Gasteiger partial charge in [-0.1, -0.05) is 18.2 Å². The minimum atomic E-state index is -0.614. The van der Waals surface area contributed by atoms with E-state index in [1.165, 1.54) is 31.3 Å². The first kappa shape index (κ1) is 23.0. The fourth-order valence-corrected chi connectivity index (χ4v) is 2.96. The maximum atomic E-state index is 13.2. The van der Waals surface area contributed by atoms with Gasteiger partial charge in [0.15, 0.2) is 11.5 Å². The van der Waals surface area contributed by atoms with Crippen molar-refractivity contribution in [2.24, 2.45) is 0 Å². The van der Waals surface area contributed by atoms with Crippen LogP contribution in [0.1, 0.15) is 28.9 Å². The fraction of sp³-hybridized carbons (Fsp3) is 0.381. The van der Waals surface area contributed by atoms with E-state index in [0.29, 0.717) is 12.4 Å². The molecule has 30 heavy (non-hydrogen) atoms. The van der Waals surface area contributed by atoms with Crippen molar-refractivity contribution in [3.63, 3.8) is 0 Å². The number of carbonyl (C=O) groups excluding carboxylic acids is 1. The Morgan fingerprint density at radius 3 is 2.33 bits per heavy atom. The molecule has 2 aromatic rings. The summed E-state index contributed by atoms with van der Waals surface area (Å²) in [6, 6.07) is 9.43. The predicted molar refractivity (Wildman–Crippen MR) is 111 cm³/mol. The summed E-state index contributed by atoms with van der Waals surface area (Å²) in [5.41, 5.74) is 0.317. The Labute approximate surface area is 175 Å². The Balaban J connectivity index is 2.42. The average Bonchev–Trinajstić information content (AvgIpc) is 2.77. The smallest absolute Gasteiger partial charge is 0.286 e. The molecule has 0 fully saturated rings. The number of hydrogen-bond acceptors (Lipinski definition) is 7. The topological polar surface area (TPSA) is 100 Å². The molecule has 0 aliphatic rings. The van der Waals surface area contributed by atoms with Crippen molar-refractivity contribution in [3.8, 4) is 17.2 Å². The van der Waals surface area contributed by atoms with Crippen LogP contribution in [0.5, 0.6) is 17.2 Å². The van der Waals surface area contributed by atoms with Crippen LogP contribution in [-0.2, 0) is 4.74 Å². The minimum absolute atomic E-state index is 0.0970.